The van der Waals surface area contributed by atoms with Gasteiger partial charge in [-0.3, -0.25) is 4.90 Å². The Hall–Kier alpha value is -0.650. The molecule has 0 spiro atoms. The summed E-state index contributed by atoms with van der Waals surface area (Å²) in [6.07, 6.45) is 6.74. The third-order valence-corrected chi connectivity index (χ3v) is 6.43. The molecule has 1 saturated carbocycles. The van der Waals surface area contributed by atoms with E-state index in [0.29, 0.717) is 18.5 Å². The summed E-state index contributed by atoms with van der Waals surface area (Å²) in [5.41, 5.74) is 7.26. The summed E-state index contributed by atoms with van der Waals surface area (Å²) < 4.78 is 0. The Labute approximate surface area is 131 Å². The number of nitrogens with two attached hydrogens (primary N) is 1. The molecule has 1 aromatic heterocycles. The number of anilines is 1. The standard InChI is InChI=1S/C16H26N4S/c1-11-9-19-7-3-2-4-13(19)10-20(11)16-18-15(12-5-6-12)14(8-17)21-16/h11-13H,2-10,17H2,1H3. The van der Waals surface area contributed by atoms with Gasteiger partial charge in [0.15, 0.2) is 5.13 Å². The van der Waals surface area contributed by atoms with E-state index in [-0.39, 0.29) is 0 Å². The van der Waals surface area contributed by atoms with Gasteiger partial charge in [0.25, 0.3) is 0 Å². The van der Waals surface area contributed by atoms with E-state index in [9.17, 15) is 0 Å². The van der Waals surface area contributed by atoms with Crippen molar-refractivity contribution in [1.29, 1.82) is 0 Å². The Morgan fingerprint density at radius 1 is 1.24 bits per heavy atom. The number of rotatable bonds is 3. The minimum atomic E-state index is 0.572. The third kappa shape index (κ3) is 2.60. The molecular weight excluding hydrogens is 280 g/mol. The predicted molar refractivity (Wildman–Crippen MR) is 88.0 cm³/mol. The number of thiazole rings is 1. The van der Waals surface area contributed by atoms with Crippen molar-refractivity contribution < 1.29 is 0 Å². The fourth-order valence-electron chi connectivity index (χ4n) is 3.91. The third-order valence-electron chi connectivity index (χ3n) is 5.30. The molecule has 0 bridgehead atoms. The van der Waals surface area contributed by atoms with Crippen molar-refractivity contribution in [1.82, 2.24) is 9.88 Å². The molecule has 0 amide bonds. The van der Waals surface area contributed by atoms with Crippen LogP contribution >= 0.6 is 11.3 Å². The highest BCUT2D eigenvalue weighted by Gasteiger charge is 2.36. The summed E-state index contributed by atoms with van der Waals surface area (Å²) in [5.74, 6) is 0.708. The average Bonchev–Trinajstić information content (AvgIpc) is 3.26. The van der Waals surface area contributed by atoms with Crippen molar-refractivity contribution in [2.45, 2.75) is 63.6 Å². The molecular formula is C16H26N4S. The summed E-state index contributed by atoms with van der Waals surface area (Å²) in [6, 6.07) is 1.31. The van der Waals surface area contributed by atoms with Gasteiger partial charge in [0.05, 0.1) is 5.69 Å². The van der Waals surface area contributed by atoms with Crippen molar-refractivity contribution in [2.24, 2.45) is 5.73 Å². The van der Waals surface area contributed by atoms with Crippen LogP contribution in [0, 0.1) is 0 Å². The second-order valence-corrected chi connectivity index (χ2v) is 7.99. The monoisotopic (exact) mass is 306 g/mol. The molecule has 4 rings (SSSR count). The zero-order chi connectivity index (χ0) is 14.4. The van der Waals surface area contributed by atoms with Gasteiger partial charge in [-0.05, 0) is 39.2 Å². The first-order valence-corrected chi connectivity index (χ1v) is 9.28. The Morgan fingerprint density at radius 3 is 2.86 bits per heavy atom. The van der Waals surface area contributed by atoms with E-state index < -0.39 is 0 Å². The van der Waals surface area contributed by atoms with Crippen molar-refractivity contribution in [3.63, 3.8) is 0 Å². The second kappa shape index (κ2) is 5.52. The molecule has 2 saturated heterocycles. The van der Waals surface area contributed by atoms with E-state index in [0.717, 1.165) is 12.6 Å². The lowest BCUT2D eigenvalue weighted by Gasteiger charge is -2.47. The highest BCUT2D eigenvalue weighted by molar-refractivity contribution is 7.15. The summed E-state index contributed by atoms with van der Waals surface area (Å²) in [6.45, 7) is 6.65. The molecule has 3 heterocycles. The molecule has 21 heavy (non-hydrogen) atoms. The van der Waals surface area contributed by atoms with Crippen LogP contribution in [-0.4, -0.2) is 41.6 Å². The number of hydrogen-bond acceptors (Lipinski definition) is 5. The smallest absolute Gasteiger partial charge is 0.186 e. The molecule has 1 aromatic rings. The molecule has 4 nitrogen and oxygen atoms in total. The van der Waals surface area contributed by atoms with Gasteiger partial charge in [0.1, 0.15) is 0 Å². The first-order valence-electron chi connectivity index (χ1n) is 8.46. The quantitative estimate of drug-likeness (QED) is 0.932. The summed E-state index contributed by atoms with van der Waals surface area (Å²) in [4.78, 5) is 11.6. The van der Waals surface area contributed by atoms with Gasteiger partial charge in [0.2, 0.25) is 0 Å². The lowest BCUT2D eigenvalue weighted by atomic mass is 9.97. The molecule has 2 aliphatic heterocycles. The van der Waals surface area contributed by atoms with Crippen LogP contribution < -0.4 is 10.6 Å². The van der Waals surface area contributed by atoms with Crippen LogP contribution in [0.25, 0.3) is 0 Å². The fraction of sp³-hybridized carbons (Fsp3) is 0.812. The molecule has 0 aromatic carbocycles. The molecule has 2 N–H and O–H groups in total. The first kappa shape index (κ1) is 14.0. The van der Waals surface area contributed by atoms with Gasteiger partial charge in [-0.15, -0.1) is 11.3 Å². The summed E-state index contributed by atoms with van der Waals surface area (Å²) >= 11 is 1.85. The number of hydrogen-bond donors (Lipinski definition) is 1. The molecule has 2 atom stereocenters. The highest BCUT2D eigenvalue weighted by atomic mass is 32.1. The Kier molecular flexibility index (Phi) is 3.67. The number of nitrogens with zero attached hydrogens (tertiary/aromatic N) is 3. The minimum Gasteiger partial charge on any atom is -0.343 e. The van der Waals surface area contributed by atoms with Crippen molar-refractivity contribution in [3.05, 3.63) is 10.6 Å². The topological polar surface area (TPSA) is 45.4 Å². The van der Waals surface area contributed by atoms with Crippen LogP contribution in [0.1, 0.15) is 55.5 Å². The van der Waals surface area contributed by atoms with Crippen molar-refractivity contribution >= 4 is 16.5 Å². The average molecular weight is 306 g/mol. The van der Waals surface area contributed by atoms with Crippen molar-refractivity contribution in [3.8, 4) is 0 Å². The largest absolute Gasteiger partial charge is 0.343 e. The maximum absolute atomic E-state index is 5.94. The number of piperidine rings is 1. The van der Waals surface area contributed by atoms with Crippen LogP contribution in [0.3, 0.4) is 0 Å². The van der Waals surface area contributed by atoms with Crippen LogP contribution in [0.4, 0.5) is 5.13 Å². The zero-order valence-corrected chi connectivity index (χ0v) is 13.7. The maximum atomic E-state index is 5.94. The highest BCUT2D eigenvalue weighted by Crippen LogP contribution is 2.44. The van der Waals surface area contributed by atoms with E-state index in [2.05, 4.69) is 16.7 Å². The molecule has 0 radical (unpaired) electrons. The van der Waals surface area contributed by atoms with Crippen LogP contribution in [0.5, 0.6) is 0 Å². The van der Waals surface area contributed by atoms with Gasteiger partial charge in [-0.2, -0.15) is 0 Å². The summed E-state index contributed by atoms with van der Waals surface area (Å²) in [7, 11) is 0. The van der Waals surface area contributed by atoms with Crippen LogP contribution in [-0.2, 0) is 6.54 Å². The molecule has 3 aliphatic rings. The van der Waals surface area contributed by atoms with Gasteiger partial charge in [-0.25, -0.2) is 4.98 Å². The first-order chi connectivity index (χ1) is 10.3. The van der Waals surface area contributed by atoms with E-state index in [1.54, 1.807) is 0 Å². The van der Waals surface area contributed by atoms with Crippen molar-refractivity contribution in [2.75, 3.05) is 24.5 Å². The lowest BCUT2D eigenvalue weighted by molar-refractivity contribution is 0.115. The van der Waals surface area contributed by atoms with E-state index in [1.165, 1.54) is 60.9 Å². The molecule has 5 heteroatoms. The zero-order valence-electron chi connectivity index (χ0n) is 12.9. The summed E-state index contributed by atoms with van der Waals surface area (Å²) in [5, 5.41) is 1.23. The number of fused-ring (bicyclic) bond motifs is 1. The van der Waals surface area contributed by atoms with E-state index in [4.69, 9.17) is 10.7 Å². The SMILES string of the molecule is CC1CN2CCCCC2CN1c1nc(C2CC2)c(CN)s1. The molecule has 2 unspecified atom stereocenters. The Balaban J connectivity index is 1.57. The van der Waals surface area contributed by atoms with Gasteiger partial charge in [0, 0.05) is 42.5 Å². The van der Waals surface area contributed by atoms with Crippen LogP contribution in [0.2, 0.25) is 0 Å². The Morgan fingerprint density at radius 2 is 2.10 bits per heavy atom. The molecule has 116 valence electrons. The van der Waals surface area contributed by atoms with Crippen LogP contribution in [0.15, 0.2) is 0 Å². The normalized spacial score (nSPS) is 30.5. The van der Waals surface area contributed by atoms with Gasteiger partial charge < -0.3 is 10.6 Å². The van der Waals surface area contributed by atoms with Gasteiger partial charge in [-0.1, -0.05) is 6.42 Å². The Bertz CT molecular complexity index is 510. The molecule has 3 fully saturated rings. The minimum absolute atomic E-state index is 0.572. The predicted octanol–water partition coefficient (Wildman–Crippen LogP) is 2.54. The molecule has 1 aliphatic carbocycles. The lowest BCUT2D eigenvalue weighted by Crippen LogP contribution is -2.58. The number of piperazine rings is 1. The number of aromatic nitrogens is 1. The second-order valence-electron chi connectivity index (χ2n) is 6.93. The maximum Gasteiger partial charge on any atom is 0.186 e. The van der Waals surface area contributed by atoms with E-state index >= 15 is 0 Å². The van der Waals surface area contributed by atoms with E-state index in [1.807, 2.05) is 11.3 Å². The fourth-order valence-corrected chi connectivity index (χ4v) is 5.05. The van der Waals surface area contributed by atoms with Gasteiger partial charge >= 0.3 is 0 Å².